The molecule has 3 saturated heterocycles. The lowest BCUT2D eigenvalue weighted by molar-refractivity contribution is -0.152. The molecule has 7 aliphatic rings. The number of nitrogens with zero attached hydrogens (tertiary/aromatic N) is 3. The molecule has 12 heteroatoms. The van der Waals surface area contributed by atoms with Crippen molar-refractivity contribution in [3.8, 4) is 23.3 Å². The molecule has 12 nitrogen and oxygen atoms in total. The number of nitrogens with two attached hydrogens (primary N) is 1. The second kappa shape index (κ2) is 16.5. The number of aliphatic hydroxyl groups is 2. The fourth-order valence-corrected chi connectivity index (χ4v) is 10.0. The van der Waals surface area contributed by atoms with Crippen LogP contribution in [-0.2, 0) is 22.6 Å². The summed E-state index contributed by atoms with van der Waals surface area (Å²) >= 11 is 0. The molecule has 8 bridgehead atoms. The van der Waals surface area contributed by atoms with Crippen molar-refractivity contribution in [2.75, 3.05) is 52.5 Å². The maximum Gasteiger partial charge on any atom is 0.302 e. The van der Waals surface area contributed by atoms with Crippen LogP contribution in [0.25, 0.3) is 0 Å². The van der Waals surface area contributed by atoms with Crippen molar-refractivity contribution in [2.24, 2.45) is 39.8 Å². The highest BCUT2D eigenvalue weighted by Gasteiger charge is 2.40. The summed E-state index contributed by atoms with van der Waals surface area (Å²) in [6.45, 7) is 8.36. The molecule has 6 aliphatic heterocycles. The van der Waals surface area contributed by atoms with E-state index in [0.29, 0.717) is 68.0 Å². The predicted octanol–water partition coefficient (Wildman–Crippen LogP) is 2.33. The molecule has 52 heavy (non-hydrogen) atoms. The number of fused-ring (bicyclic) bond motifs is 9. The number of aliphatic imine (C=N–C) groups is 1. The monoisotopic (exact) mass is 720 g/mol. The highest BCUT2D eigenvalue weighted by Crippen LogP contribution is 2.40. The van der Waals surface area contributed by atoms with Gasteiger partial charge in [0, 0.05) is 63.9 Å². The van der Waals surface area contributed by atoms with Crippen molar-refractivity contribution in [1.82, 2.24) is 20.4 Å². The Balaban J connectivity index is 1.28. The minimum Gasteiger partial charge on any atom is -0.504 e. The first-order chi connectivity index (χ1) is 25.1. The average Bonchev–Trinajstić information content (AvgIpc) is 3.13. The van der Waals surface area contributed by atoms with E-state index in [4.69, 9.17) is 20.2 Å². The number of phenolic OH excluding ortho intramolecular Hbond substituents is 1. The maximum atomic E-state index is 12.7. The first-order valence-electron chi connectivity index (χ1n) is 19.9. The van der Waals surface area contributed by atoms with E-state index >= 15 is 0 Å². The van der Waals surface area contributed by atoms with Gasteiger partial charge >= 0.3 is 5.97 Å². The van der Waals surface area contributed by atoms with E-state index in [1.807, 2.05) is 6.07 Å². The van der Waals surface area contributed by atoms with Gasteiger partial charge in [0.1, 0.15) is 12.2 Å². The third kappa shape index (κ3) is 9.16. The molecular weight excluding hydrogens is 660 g/mol. The number of nitrogens with one attached hydrogen (secondary N) is 2. The zero-order valence-electron chi connectivity index (χ0n) is 30.9. The quantitative estimate of drug-likeness (QED) is 0.196. The van der Waals surface area contributed by atoms with Gasteiger partial charge in [-0.2, -0.15) is 0 Å². The smallest absolute Gasteiger partial charge is 0.302 e. The van der Waals surface area contributed by atoms with E-state index < -0.39 is 23.6 Å². The van der Waals surface area contributed by atoms with Crippen molar-refractivity contribution in [3.63, 3.8) is 0 Å². The van der Waals surface area contributed by atoms with Gasteiger partial charge in [0.05, 0.1) is 24.8 Å². The van der Waals surface area contributed by atoms with Crippen LogP contribution >= 0.6 is 0 Å². The lowest BCUT2D eigenvalue weighted by Gasteiger charge is -2.46. The van der Waals surface area contributed by atoms with Crippen LogP contribution in [0.3, 0.4) is 0 Å². The molecule has 0 saturated carbocycles. The molecular formula is C40H60N6O6. The highest BCUT2D eigenvalue weighted by molar-refractivity contribution is 5.77. The minimum absolute atomic E-state index is 0.0110. The zero-order chi connectivity index (χ0) is 36.2. The summed E-state index contributed by atoms with van der Waals surface area (Å²) < 4.78 is 12.5. The zero-order valence-corrected chi connectivity index (χ0v) is 30.9. The van der Waals surface area contributed by atoms with Crippen molar-refractivity contribution >= 4 is 11.9 Å². The van der Waals surface area contributed by atoms with Gasteiger partial charge in [-0.05, 0) is 106 Å². The summed E-state index contributed by atoms with van der Waals surface area (Å²) in [5, 5.41) is 40.3. The first kappa shape index (κ1) is 37.2. The molecule has 1 aliphatic carbocycles. The number of piperidine rings is 3. The lowest BCUT2D eigenvalue weighted by atomic mass is 9.73. The molecule has 3 fully saturated rings. The van der Waals surface area contributed by atoms with Gasteiger partial charge in [-0.1, -0.05) is 18.3 Å². The van der Waals surface area contributed by atoms with Crippen molar-refractivity contribution in [3.05, 3.63) is 23.3 Å². The number of guanidine groups is 1. The number of ether oxygens (including phenoxy) is 2. The minimum atomic E-state index is -0.708. The number of benzene rings is 1. The van der Waals surface area contributed by atoms with Gasteiger partial charge in [-0.25, -0.2) is 4.99 Å². The van der Waals surface area contributed by atoms with Crippen LogP contribution in [0.1, 0.15) is 82.3 Å². The molecule has 0 radical (unpaired) electrons. The fourth-order valence-electron chi connectivity index (χ4n) is 10.0. The maximum absolute atomic E-state index is 12.7. The van der Waals surface area contributed by atoms with Crippen LogP contribution in [0.2, 0.25) is 0 Å². The number of carbonyl (C=O) groups excluding carboxylic acids is 1. The first-order valence-corrected chi connectivity index (χ1v) is 19.9. The van der Waals surface area contributed by atoms with Gasteiger partial charge < -0.3 is 46.1 Å². The van der Waals surface area contributed by atoms with E-state index in [-0.39, 0.29) is 36.3 Å². The van der Waals surface area contributed by atoms with E-state index in [1.165, 1.54) is 13.3 Å². The molecule has 7 N–H and O–H groups in total. The van der Waals surface area contributed by atoms with Gasteiger partial charge in [-0.15, -0.1) is 0 Å². The van der Waals surface area contributed by atoms with Crippen LogP contribution in [0.4, 0.5) is 0 Å². The second-order valence-corrected chi connectivity index (χ2v) is 16.7. The third-order valence-electron chi connectivity index (χ3n) is 12.7. The third-order valence-corrected chi connectivity index (χ3v) is 12.7. The molecule has 2 unspecified atom stereocenters. The number of aromatic hydroxyl groups is 1. The Kier molecular flexibility index (Phi) is 11.8. The summed E-state index contributed by atoms with van der Waals surface area (Å²) in [5.41, 5.74) is 7.48. The van der Waals surface area contributed by atoms with Crippen LogP contribution in [0, 0.1) is 40.9 Å². The van der Waals surface area contributed by atoms with Crippen LogP contribution in [0.5, 0.6) is 11.5 Å². The SMILES string of the molecule is CC(=O)O[C@H]1C[C@@H](O)CC[C@]2(C#C[C@H]3CCC[C@H]4C[C@@H](CCN4)Oc4cc(c(CO)cc4O)C[C@H]13)CCN1C[C@H]3C[C@@H](C1)CN(CN=C(N)NC2)C3. The molecule has 1 aromatic carbocycles. The number of hydrogen-bond acceptors (Lipinski definition) is 12. The number of aliphatic hydroxyl groups excluding tert-OH is 2. The Morgan fingerprint density at radius 1 is 1.10 bits per heavy atom. The van der Waals surface area contributed by atoms with E-state index in [0.717, 1.165) is 83.4 Å². The van der Waals surface area contributed by atoms with E-state index in [1.54, 1.807) is 6.07 Å². The summed E-state index contributed by atoms with van der Waals surface area (Å²) in [5.74, 6) is 8.98. The van der Waals surface area contributed by atoms with Gasteiger partial charge in [0.25, 0.3) is 0 Å². The molecule has 0 aromatic heterocycles. The van der Waals surface area contributed by atoms with Crippen molar-refractivity contribution in [1.29, 1.82) is 0 Å². The molecule has 8 rings (SSSR count). The Labute approximate surface area is 308 Å². The van der Waals surface area contributed by atoms with E-state index in [9.17, 15) is 20.1 Å². The number of carbonyl (C=O) groups is 1. The normalized spacial score (nSPS) is 38.3. The van der Waals surface area contributed by atoms with Crippen LogP contribution in [0.15, 0.2) is 17.1 Å². The van der Waals surface area contributed by atoms with Gasteiger partial charge in [0.2, 0.25) is 0 Å². The summed E-state index contributed by atoms with van der Waals surface area (Å²) in [6.07, 6.45) is 7.09. The Morgan fingerprint density at radius 2 is 1.90 bits per heavy atom. The standard InChI is InChI=1S/C40H60N6O6/c1-26(48)51-37-18-33(49)6-9-40(10-12-45-19-27-13-28(20-45)22-46(21-27)25-44-39(41)43-24-40)8-5-29-3-2-4-32-17-34(7-11-42-32)52-38-16-30(14-35(29)37)31(23-47)15-36(38)50/h15-16,27-29,32-35,37,42,47,49-50H,2-4,6-7,9-14,17-25H2,1H3,(H3,41,43,44)/t27-,28+,29-,32+,33+,34-,35+,37+,40-/m1/s1. The largest absolute Gasteiger partial charge is 0.504 e. The number of hydrogen-bond donors (Lipinski definition) is 6. The number of phenols is 1. The molecule has 0 amide bonds. The van der Waals surface area contributed by atoms with E-state index in [2.05, 4.69) is 32.3 Å². The summed E-state index contributed by atoms with van der Waals surface area (Å²) in [6, 6.07) is 3.74. The topological polar surface area (TPSA) is 165 Å². The molecule has 1 aromatic rings. The molecule has 286 valence electrons. The Hall–Kier alpha value is -3.08. The summed E-state index contributed by atoms with van der Waals surface area (Å²) in [4.78, 5) is 22.5. The van der Waals surface area contributed by atoms with Crippen LogP contribution in [-0.4, -0.2) is 114 Å². The lowest BCUT2D eigenvalue weighted by Crippen LogP contribution is -2.53. The van der Waals surface area contributed by atoms with Gasteiger partial charge in [-0.3, -0.25) is 9.69 Å². The average molecular weight is 721 g/mol. The highest BCUT2D eigenvalue weighted by atomic mass is 16.5. The number of esters is 1. The Morgan fingerprint density at radius 3 is 2.69 bits per heavy atom. The van der Waals surface area contributed by atoms with Crippen molar-refractivity contribution < 1.29 is 29.6 Å². The number of rotatable bonds is 2. The van der Waals surface area contributed by atoms with Crippen molar-refractivity contribution in [2.45, 2.75) is 109 Å². The molecule has 1 spiro atoms. The summed E-state index contributed by atoms with van der Waals surface area (Å²) in [7, 11) is 0. The van der Waals surface area contributed by atoms with Gasteiger partial charge in [0.15, 0.2) is 17.5 Å². The van der Waals surface area contributed by atoms with Crippen LogP contribution < -0.4 is 21.1 Å². The molecule has 11 atom stereocenters. The molecule has 6 heterocycles. The fraction of sp³-hybridized carbons (Fsp3) is 0.750. The second-order valence-electron chi connectivity index (χ2n) is 16.7. The predicted molar refractivity (Wildman–Crippen MR) is 198 cm³/mol. The Bertz CT molecular complexity index is 1500.